The quantitative estimate of drug-likeness (QED) is 0.416. The molecule has 1 N–H and O–H groups in total. The maximum absolute atomic E-state index is 13.2. The Bertz CT molecular complexity index is 1280. The molecule has 4 rings (SSSR count). The van der Waals surface area contributed by atoms with Crippen molar-refractivity contribution >= 4 is 46.0 Å². The van der Waals surface area contributed by atoms with Gasteiger partial charge in [-0.1, -0.05) is 41.9 Å². The normalized spacial score (nSPS) is 13.9. The van der Waals surface area contributed by atoms with Crippen LogP contribution >= 0.6 is 11.6 Å². The van der Waals surface area contributed by atoms with Crippen LogP contribution in [0.2, 0.25) is 5.02 Å². The standard InChI is InChI=1S/C26H22ClN3O3/c27-19-11-9-17(10-12-19)15-18-5-3-7-21-24(20-6-1-2-8-22(20)30-25(18)21)26(32)33-16-23(31)29-14-4-13-28/h1-2,6,8-12,15H,3-5,7,14,16H2,(H,29,31)/b18-15+. The zero-order valence-corrected chi connectivity index (χ0v) is 18.7. The van der Waals surface area contributed by atoms with Crippen LogP contribution in [0, 0.1) is 11.3 Å². The molecule has 0 spiro atoms. The van der Waals surface area contributed by atoms with Crippen molar-refractivity contribution in [2.75, 3.05) is 13.2 Å². The predicted octanol–water partition coefficient (Wildman–Crippen LogP) is 4.95. The molecule has 0 radical (unpaired) electrons. The summed E-state index contributed by atoms with van der Waals surface area (Å²) in [6.07, 6.45) is 4.70. The van der Waals surface area contributed by atoms with Crippen molar-refractivity contribution in [3.8, 4) is 6.07 Å². The number of nitrogens with one attached hydrogen (secondary N) is 1. The summed E-state index contributed by atoms with van der Waals surface area (Å²) in [5.41, 5.74) is 4.85. The Hall–Kier alpha value is -3.69. The molecule has 166 valence electrons. The Morgan fingerprint density at radius 2 is 1.94 bits per heavy atom. The van der Waals surface area contributed by atoms with Gasteiger partial charge in [0, 0.05) is 17.0 Å². The number of para-hydroxylation sites is 1. The highest BCUT2D eigenvalue weighted by molar-refractivity contribution is 6.30. The van der Waals surface area contributed by atoms with Crippen LogP contribution in [0.15, 0.2) is 48.5 Å². The van der Waals surface area contributed by atoms with E-state index in [1.54, 1.807) is 0 Å². The van der Waals surface area contributed by atoms with E-state index in [1.807, 2.05) is 54.6 Å². The fourth-order valence-corrected chi connectivity index (χ4v) is 4.11. The molecule has 7 heteroatoms. The maximum atomic E-state index is 13.2. The number of allylic oxidation sites excluding steroid dienone is 1. The number of benzene rings is 2. The van der Waals surface area contributed by atoms with E-state index in [1.165, 1.54) is 0 Å². The molecule has 6 nitrogen and oxygen atoms in total. The molecule has 0 atom stereocenters. The number of carbonyl (C=O) groups excluding carboxylic acids is 2. The number of nitriles is 1. The summed E-state index contributed by atoms with van der Waals surface area (Å²) >= 11 is 6.02. The topological polar surface area (TPSA) is 92.1 Å². The highest BCUT2D eigenvalue weighted by atomic mass is 35.5. The minimum atomic E-state index is -0.548. The number of esters is 1. The number of ether oxygens (including phenoxy) is 1. The Morgan fingerprint density at radius 1 is 1.15 bits per heavy atom. The smallest absolute Gasteiger partial charge is 0.339 e. The molecule has 0 fully saturated rings. The predicted molar refractivity (Wildman–Crippen MR) is 128 cm³/mol. The molecule has 1 aliphatic carbocycles. The number of carbonyl (C=O) groups is 2. The van der Waals surface area contributed by atoms with E-state index in [2.05, 4.69) is 11.4 Å². The molecule has 33 heavy (non-hydrogen) atoms. The molecule has 0 unspecified atom stereocenters. The second-order valence-corrected chi connectivity index (χ2v) is 8.18. The first-order valence-electron chi connectivity index (χ1n) is 10.8. The second-order valence-electron chi connectivity index (χ2n) is 7.74. The maximum Gasteiger partial charge on any atom is 0.339 e. The largest absolute Gasteiger partial charge is 0.452 e. The van der Waals surface area contributed by atoms with Crippen molar-refractivity contribution in [2.45, 2.75) is 25.7 Å². The average Bonchev–Trinajstić information content (AvgIpc) is 2.83. The van der Waals surface area contributed by atoms with Crippen molar-refractivity contribution in [3.05, 3.63) is 75.9 Å². The van der Waals surface area contributed by atoms with Crippen LogP contribution in [0.1, 0.15) is 46.4 Å². The number of pyridine rings is 1. The summed E-state index contributed by atoms with van der Waals surface area (Å²) in [4.78, 5) is 30.0. The lowest BCUT2D eigenvalue weighted by Gasteiger charge is -2.22. The van der Waals surface area contributed by atoms with E-state index in [0.717, 1.165) is 35.2 Å². The summed E-state index contributed by atoms with van der Waals surface area (Å²) < 4.78 is 5.37. The van der Waals surface area contributed by atoms with E-state index in [9.17, 15) is 9.59 Å². The molecule has 3 aromatic rings. The van der Waals surface area contributed by atoms with Crippen LogP contribution in [-0.2, 0) is 16.0 Å². The molecule has 0 aliphatic heterocycles. The third kappa shape index (κ3) is 5.21. The molecule has 1 heterocycles. The molecule has 0 saturated heterocycles. The Morgan fingerprint density at radius 3 is 2.73 bits per heavy atom. The van der Waals surface area contributed by atoms with Crippen molar-refractivity contribution in [2.24, 2.45) is 0 Å². The first-order valence-corrected chi connectivity index (χ1v) is 11.1. The van der Waals surface area contributed by atoms with E-state index < -0.39 is 18.5 Å². The number of hydrogen-bond donors (Lipinski definition) is 1. The highest BCUT2D eigenvalue weighted by Crippen LogP contribution is 2.36. The lowest BCUT2D eigenvalue weighted by molar-refractivity contribution is -0.124. The van der Waals surface area contributed by atoms with Gasteiger partial charge in [-0.3, -0.25) is 4.79 Å². The van der Waals surface area contributed by atoms with Gasteiger partial charge in [0.2, 0.25) is 0 Å². The van der Waals surface area contributed by atoms with Crippen molar-refractivity contribution in [1.29, 1.82) is 5.26 Å². The number of rotatable bonds is 6. The van der Waals surface area contributed by atoms with Gasteiger partial charge in [-0.25, -0.2) is 9.78 Å². The average molecular weight is 460 g/mol. The summed E-state index contributed by atoms with van der Waals surface area (Å²) in [6, 6.07) is 17.0. The summed E-state index contributed by atoms with van der Waals surface area (Å²) in [7, 11) is 0. The number of amides is 1. The van der Waals surface area contributed by atoms with E-state index in [4.69, 9.17) is 26.6 Å². The van der Waals surface area contributed by atoms with Gasteiger partial charge in [0.25, 0.3) is 5.91 Å². The van der Waals surface area contributed by atoms with Crippen LogP contribution in [-0.4, -0.2) is 30.0 Å². The van der Waals surface area contributed by atoms with Crippen LogP contribution < -0.4 is 5.32 Å². The van der Waals surface area contributed by atoms with Gasteiger partial charge in [0.1, 0.15) is 0 Å². The molecular weight excluding hydrogens is 438 g/mol. The van der Waals surface area contributed by atoms with Gasteiger partial charge >= 0.3 is 5.97 Å². The van der Waals surface area contributed by atoms with Crippen LogP contribution in [0.25, 0.3) is 22.6 Å². The monoisotopic (exact) mass is 459 g/mol. The Kier molecular flexibility index (Phi) is 7.01. The van der Waals surface area contributed by atoms with E-state index in [0.29, 0.717) is 27.9 Å². The Labute approximate surface area is 196 Å². The van der Waals surface area contributed by atoms with Gasteiger partial charge in [0.15, 0.2) is 6.61 Å². The van der Waals surface area contributed by atoms with E-state index in [-0.39, 0.29) is 13.0 Å². The SMILES string of the molecule is N#CCCNC(=O)COC(=O)c1c2c(nc3ccccc13)/C(=C/c1ccc(Cl)cc1)CCC2. The number of hydrogen-bond acceptors (Lipinski definition) is 5. The van der Waals surface area contributed by atoms with Gasteiger partial charge in [-0.2, -0.15) is 5.26 Å². The van der Waals surface area contributed by atoms with Crippen molar-refractivity contribution < 1.29 is 14.3 Å². The van der Waals surface area contributed by atoms with Gasteiger partial charge < -0.3 is 10.1 Å². The summed E-state index contributed by atoms with van der Waals surface area (Å²) in [5.74, 6) is -0.984. The summed E-state index contributed by atoms with van der Waals surface area (Å²) in [5, 5.41) is 12.5. The first-order chi connectivity index (χ1) is 16.1. The van der Waals surface area contributed by atoms with Crippen molar-refractivity contribution in [3.63, 3.8) is 0 Å². The van der Waals surface area contributed by atoms with Gasteiger partial charge in [-0.05, 0) is 60.2 Å². The van der Waals surface area contributed by atoms with Crippen LogP contribution in [0.4, 0.5) is 0 Å². The van der Waals surface area contributed by atoms with Crippen molar-refractivity contribution in [1.82, 2.24) is 10.3 Å². The van der Waals surface area contributed by atoms with Gasteiger partial charge in [-0.15, -0.1) is 0 Å². The summed E-state index contributed by atoms with van der Waals surface area (Å²) in [6.45, 7) is -0.178. The first kappa shape index (κ1) is 22.5. The second kappa shape index (κ2) is 10.3. The Balaban J connectivity index is 1.70. The minimum Gasteiger partial charge on any atom is -0.452 e. The van der Waals surface area contributed by atoms with Crippen LogP contribution in [0.3, 0.4) is 0 Å². The zero-order valence-electron chi connectivity index (χ0n) is 17.9. The van der Waals surface area contributed by atoms with Gasteiger partial charge in [0.05, 0.1) is 29.3 Å². The molecule has 0 saturated carbocycles. The number of aromatic nitrogens is 1. The van der Waals surface area contributed by atoms with E-state index >= 15 is 0 Å². The fourth-order valence-electron chi connectivity index (χ4n) is 3.98. The molecule has 1 aliphatic rings. The number of fused-ring (bicyclic) bond motifs is 2. The fraction of sp³-hybridized carbons (Fsp3) is 0.231. The lowest BCUT2D eigenvalue weighted by Crippen LogP contribution is -2.29. The van der Waals surface area contributed by atoms with Crippen LogP contribution in [0.5, 0.6) is 0 Å². The molecule has 1 amide bonds. The lowest BCUT2D eigenvalue weighted by atomic mass is 9.86. The molecule has 2 aromatic carbocycles. The number of nitrogens with zero attached hydrogens (tertiary/aromatic N) is 2. The molecule has 1 aromatic heterocycles. The molecule has 0 bridgehead atoms. The number of halogens is 1. The molecular formula is C26H22ClN3O3. The zero-order chi connectivity index (χ0) is 23.2. The third-order valence-corrected chi connectivity index (χ3v) is 5.73. The third-order valence-electron chi connectivity index (χ3n) is 5.48. The highest BCUT2D eigenvalue weighted by Gasteiger charge is 2.26. The minimum absolute atomic E-state index is 0.199.